The minimum Gasteiger partial charge on any atom is -0.468 e. The molecule has 0 fully saturated rings. The van der Waals surface area contributed by atoms with E-state index in [4.69, 9.17) is 15.9 Å². The van der Waals surface area contributed by atoms with Gasteiger partial charge in [-0.3, -0.25) is 9.69 Å². The van der Waals surface area contributed by atoms with E-state index in [1.165, 1.54) is 0 Å². The standard InChI is InChI=1S/C14H17N3O2/c1-17(9-12-3-2-6-19-12)8-11-5-4-10(14(16)18)7-13(11)15/h2-7H,8-9,15H2,1H3,(H2,16,18). The predicted octanol–water partition coefficient (Wildman–Crippen LogP) is 1.59. The maximum absolute atomic E-state index is 11.0. The van der Waals surface area contributed by atoms with Crippen LogP contribution in [0, 0.1) is 0 Å². The van der Waals surface area contributed by atoms with Gasteiger partial charge in [0.15, 0.2) is 0 Å². The molecule has 2 aromatic rings. The lowest BCUT2D eigenvalue weighted by Crippen LogP contribution is -2.18. The van der Waals surface area contributed by atoms with Crippen molar-refractivity contribution < 1.29 is 9.21 Å². The molecule has 0 spiro atoms. The number of carbonyl (C=O) groups is 1. The summed E-state index contributed by atoms with van der Waals surface area (Å²) in [5, 5.41) is 0. The first-order valence-corrected chi connectivity index (χ1v) is 5.95. The van der Waals surface area contributed by atoms with Crippen LogP contribution in [0.4, 0.5) is 5.69 Å². The maximum atomic E-state index is 11.0. The van der Waals surface area contributed by atoms with Crippen LogP contribution in [-0.4, -0.2) is 17.9 Å². The van der Waals surface area contributed by atoms with Crippen LogP contribution in [0.3, 0.4) is 0 Å². The molecule has 1 amide bonds. The zero-order valence-electron chi connectivity index (χ0n) is 10.8. The minimum absolute atomic E-state index is 0.426. The molecule has 1 aromatic heterocycles. The van der Waals surface area contributed by atoms with Crippen molar-refractivity contribution in [3.63, 3.8) is 0 Å². The van der Waals surface area contributed by atoms with Gasteiger partial charge >= 0.3 is 0 Å². The molecular weight excluding hydrogens is 242 g/mol. The number of nitrogens with two attached hydrogens (primary N) is 2. The first kappa shape index (κ1) is 13.2. The van der Waals surface area contributed by atoms with E-state index in [1.54, 1.807) is 18.4 Å². The second-order valence-electron chi connectivity index (χ2n) is 4.53. The van der Waals surface area contributed by atoms with Crippen LogP contribution in [0.5, 0.6) is 0 Å². The Balaban J connectivity index is 2.04. The smallest absolute Gasteiger partial charge is 0.248 e. The third kappa shape index (κ3) is 3.35. The van der Waals surface area contributed by atoms with E-state index < -0.39 is 5.91 Å². The van der Waals surface area contributed by atoms with Gasteiger partial charge < -0.3 is 15.9 Å². The first-order chi connectivity index (χ1) is 9.06. The normalized spacial score (nSPS) is 10.8. The number of nitrogen functional groups attached to an aromatic ring is 1. The van der Waals surface area contributed by atoms with E-state index in [2.05, 4.69) is 4.90 Å². The number of carbonyl (C=O) groups excluding carboxylic acids is 1. The third-order valence-electron chi connectivity index (χ3n) is 2.88. The number of hydrogen-bond donors (Lipinski definition) is 2. The lowest BCUT2D eigenvalue weighted by Gasteiger charge is -2.16. The average Bonchev–Trinajstić information content (AvgIpc) is 2.84. The second-order valence-corrected chi connectivity index (χ2v) is 4.53. The van der Waals surface area contributed by atoms with Crippen molar-refractivity contribution in [2.75, 3.05) is 12.8 Å². The Hall–Kier alpha value is -2.27. The molecule has 0 atom stereocenters. The topological polar surface area (TPSA) is 85.5 Å². The average molecular weight is 259 g/mol. The van der Waals surface area contributed by atoms with Gasteiger partial charge in [0.1, 0.15) is 5.76 Å². The zero-order chi connectivity index (χ0) is 13.8. The summed E-state index contributed by atoms with van der Waals surface area (Å²) in [5.74, 6) is 0.428. The van der Waals surface area contributed by atoms with Crippen LogP contribution >= 0.6 is 0 Å². The van der Waals surface area contributed by atoms with Crippen LogP contribution in [0.25, 0.3) is 0 Å². The highest BCUT2D eigenvalue weighted by Crippen LogP contribution is 2.17. The molecule has 4 N–H and O–H groups in total. The van der Waals surface area contributed by atoms with Gasteiger partial charge in [0.05, 0.1) is 12.8 Å². The number of furan rings is 1. The molecule has 5 nitrogen and oxygen atoms in total. The fraction of sp³-hybridized carbons (Fsp3) is 0.214. The summed E-state index contributed by atoms with van der Waals surface area (Å²) in [6.07, 6.45) is 1.65. The number of benzene rings is 1. The Morgan fingerprint density at radius 2 is 2.11 bits per heavy atom. The Kier molecular flexibility index (Phi) is 3.87. The van der Waals surface area contributed by atoms with Crippen LogP contribution in [0.2, 0.25) is 0 Å². The van der Waals surface area contributed by atoms with Crippen LogP contribution in [-0.2, 0) is 13.1 Å². The van der Waals surface area contributed by atoms with E-state index in [-0.39, 0.29) is 0 Å². The van der Waals surface area contributed by atoms with E-state index in [0.717, 1.165) is 11.3 Å². The number of hydrogen-bond acceptors (Lipinski definition) is 4. The molecule has 0 bridgehead atoms. The molecule has 0 aliphatic carbocycles. The first-order valence-electron chi connectivity index (χ1n) is 5.95. The van der Waals surface area contributed by atoms with Gasteiger partial charge in [-0.1, -0.05) is 6.07 Å². The summed E-state index contributed by atoms with van der Waals surface area (Å²) >= 11 is 0. The molecule has 19 heavy (non-hydrogen) atoms. The van der Waals surface area contributed by atoms with Crippen molar-refractivity contribution in [1.82, 2.24) is 4.90 Å². The highest BCUT2D eigenvalue weighted by atomic mass is 16.3. The lowest BCUT2D eigenvalue weighted by molar-refractivity contribution is 0.100. The largest absolute Gasteiger partial charge is 0.468 e. The molecule has 0 unspecified atom stereocenters. The molecular formula is C14H17N3O2. The number of nitrogens with zero attached hydrogens (tertiary/aromatic N) is 1. The monoisotopic (exact) mass is 259 g/mol. The second kappa shape index (κ2) is 5.58. The molecule has 0 aliphatic heterocycles. The van der Waals surface area contributed by atoms with Crippen molar-refractivity contribution >= 4 is 11.6 Å². The summed E-state index contributed by atoms with van der Waals surface area (Å²) < 4.78 is 5.29. The Bertz CT molecular complexity index is 564. The van der Waals surface area contributed by atoms with Gasteiger partial charge in [0.2, 0.25) is 5.91 Å². The van der Waals surface area contributed by atoms with Gasteiger partial charge in [0, 0.05) is 17.8 Å². The number of amides is 1. The zero-order valence-corrected chi connectivity index (χ0v) is 10.8. The molecule has 1 aromatic carbocycles. The van der Waals surface area contributed by atoms with Crippen LogP contribution in [0.1, 0.15) is 21.7 Å². The molecule has 0 saturated carbocycles. The number of anilines is 1. The highest BCUT2D eigenvalue weighted by molar-refractivity contribution is 5.93. The fourth-order valence-corrected chi connectivity index (χ4v) is 1.91. The van der Waals surface area contributed by atoms with Crippen molar-refractivity contribution in [1.29, 1.82) is 0 Å². The Labute approximate surface area is 111 Å². The van der Waals surface area contributed by atoms with E-state index >= 15 is 0 Å². The van der Waals surface area contributed by atoms with Crippen molar-refractivity contribution in [2.45, 2.75) is 13.1 Å². The van der Waals surface area contributed by atoms with Gasteiger partial charge in [0.25, 0.3) is 0 Å². The lowest BCUT2D eigenvalue weighted by atomic mass is 10.1. The molecule has 0 aliphatic rings. The summed E-state index contributed by atoms with van der Waals surface area (Å²) in [5.41, 5.74) is 13.1. The van der Waals surface area contributed by atoms with Crippen LogP contribution < -0.4 is 11.5 Å². The summed E-state index contributed by atoms with van der Waals surface area (Å²) in [6.45, 7) is 1.37. The van der Waals surface area contributed by atoms with Gasteiger partial charge in [-0.2, -0.15) is 0 Å². The quantitative estimate of drug-likeness (QED) is 0.798. The maximum Gasteiger partial charge on any atom is 0.248 e. The Morgan fingerprint density at radius 3 is 2.68 bits per heavy atom. The molecule has 0 radical (unpaired) electrons. The molecule has 5 heteroatoms. The summed E-state index contributed by atoms with van der Waals surface area (Å²) in [6, 6.07) is 8.91. The van der Waals surface area contributed by atoms with Gasteiger partial charge in [-0.15, -0.1) is 0 Å². The summed E-state index contributed by atoms with van der Waals surface area (Å²) in [7, 11) is 1.98. The SMILES string of the molecule is CN(Cc1ccco1)Cc1ccc(C(N)=O)cc1N. The van der Waals surface area contributed by atoms with Crippen molar-refractivity contribution in [2.24, 2.45) is 5.73 Å². The van der Waals surface area contributed by atoms with E-state index in [0.29, 0.717) is 24.3 Å². The van der Waals surface area contributed by atoms with Gasteiger partial charge in [-0.25, -0.2) is 0 Å². The minimum atomic E-state index is -0.470. The van der Waals surface area contributed by atoms with Gasteiger partial charge in [-0.05, 0) is 36.9 Å². The Morgan fingerprint density at radius 1 is 1.32 bits per heavy atom. The molecule has 1 heterocycles. The molecule has 0 saturated heterocycles. The predicted molar refractivity (Wildman–Crippen MR) is 73.3 cm³/mol. The highest BCUT2D eigenvalue weighted by Gasteiger charge is 2.08. The van der Waals surface area contributed by atoms with Crippen molar-refractivity contribution in [3.05, 3.63) is 53.5 Å². The fourth-order valence-electron chi connectivity index (χ4n) is 1.91. The molecule has 100 valence electrons. The van der Waals surface area contributed by atoms with Crippen molar-refractivity contribution in [3.8, 4) is 0 Å². The number of primary amides is 1. The molecule has 2 rings (SSSR count). The summed E-state index contributed by atoms with van der Waals surface area (Å²) in [4.78, 5) is 13.1. The van der Waals surface area contributed by atoms with Crippen LogP contribution in [0.15, 0.2) is 41.0 Å². The van der Waals surface area contributed by atoms with E-state index in [1.807, 2.05) is 25.2 Å². The number of rotatable bonds is 5. The third-order valence-corrected chi connectivity index (χ3v) is 2.88. The van der Waals surface area contributed by atoms with E-state index in [9.17, 15) is 4.79 Å².